The van der Waals surface area contributed by atoms with Crippen LogP contribution in [0.5, 0.6) is 0 Å². The van der Waals surface area contributed by atoms with Gasteiger partial charge in [0.25, 0.3) is 0 Å². The molecule has 0 spiro atoms. The number of carboxylic acids is 1. The number of nitrogens with zero attached hydrogens (tertiary/aromatic N) is 4. The van der Waals surface area contributed by atoms with Crippen LogP contribution in [0.15, 0.2) is 48.8 Å². The zero-order chi connectivity index (χ0) is 23.0. The second-order valence-electron chi connectivity index (χ2n) is 6.79. The average Bonchev–Trinajstić information content (AvgIpc) is 2.73. The molecular formula is C21H13ClF3N5O2. The Morgan fingerprint density at radius 3 is 2.44 bits per heavy atom. The Morgan fingerprint density at radius 1 is 1.06 bits per heavy atom. The Morgan fingerprint density at radius 2 is 1.78 bits per heavy atom. The Bertz CT molecular complexity index is 1340. The molecule has 4 aromatic rings. The fraction of sp³-hybridized carbons (Fsp3) is 0.0952. The van der Waals surface area contributed by atoms with Crippen LogP contribution in [-0.2, 0) is 6.18 Å². The van der Waals surface area contributed by atoms with Gasteiger partial charge in [-0.05, 0) is 31.2 Å². The van der Waals surface area contributed by atoms with Gasteiger partial charge in [-0.3, -0.25) is 4.98 Å². The van der Waals surface area contributed by atoms with Gasteiger partial charge in [-0.15, -0.1) is 0 Å². The maximum Gasteiger partial charge on any atom is 0.419 e. The fourth-order valence-electron chi connectivity index (χ4n) is 3.03. The highest BCUT2D eigenvalue weighted by Gasteiger charge is 2.31. The minimum atomic E-state index is -4.53. The van der Waals surface area contributed by atoms with Crippen LogP contribution >= 0.6 is 11.6 Å². The summed E-state index contributed by atoms with van der Waals surface area (Å²) in [5, 5.41) is 13.0. The van der Waals surface area contributed by atoms with Crippen LogP contribution < -0.4 is 5.32 Å². The highest BCUT2D eigenvalue weighted by molar-refractivity contribution is 6.33. The lowest BCUT2D eigenvalue weighted by Crippen LogP contribution is -2.07. The molecule has 0 unspecified atom stereocenters. The molecule has 4 rings (SSSR count). The first-order chi connectivity index (χ1) is 15.1. The molecule has 0 radical (unpaired) electrons. The number of hydrogen-bond acceptors (Lipinski definition) is 6. The first-order valence-corrected chi connectivity index (χ1v) is 9.47. The number of rotatable bonds is 4. The van der Waals surface area contributed by atoms with Crippen molar-refractivity contribution in [3.05, 3.63) is 70.8 Å². The third-order valence-electron chi connectivity index (χ3n) is 4.50. The predicted molar refractivity (Wildman–Crippen MR) is 112 cm³/mol. The number of aromatic carboxylic acids is 1. The molecule has 0 fully saturated rings. The summed E-state index contributed by atoms with van der Waals surface area (Å²) in [6.45, 7) is 1.75. The van der Waals surface area contributed by atoms with Gasteiger partial charge >= 0.3 is 12.1 Å². The predicted octanol–water partition coefficient (Wildman–Crippen LogP) is 5.51. The number of aryl methyl sites for hydroxylation is 1. The summed E-state index contributed by atoms with van der Waals surface area (Å²) in [7, 11) is 0. The lowest BCUT2D eigenvalue weighted by Gasteiger charge is -2.12. The molecule has 11 heteroatoms. The van der Waals surface area contributed by atoms with E-state index >= 15 is 0 Å². The van der Waals surface area contributed by atoms with Crippen LogP contribution in [0.4, 0.5) is 24.8 Å². The van der Waals surface area contributed by atoms with Crippen molar-refractivity contribution in [1.29, 1.82) is 0 Å². The number of nitrogens with one attached hydrogen (secondary N) is 1. The van der Waals surface area contributed by atoms with E-state index in [4.69, 9.17) is 11.6 Å². The molecule has 0 bridgehead atoms. The summed E-state index contributed by atoms with van der Waals surface area (Å²) >= 11 is 6.22. The molecule has 0 saturated heterocycles. The van der Waals surface area contributed by atoms with E-state index in [0.717, 1.165) is 0 Å². The van der Waals surface area contributed by atoms with Crippen molar-refractivity contribution in [2.45, 2.75) is 13.1 Å². The number of anilines is 2. The smallest absolute Gasteiger partial charge is 0.419 e. The molecule has 3 aromatic heterocycles. The number of pyridine rings is 2. The van der Waals surface area contributed by atoms with Crippen LogP contribution in [0.2, 0.25) is 5.02 Å². The number of halogens is 4. The molecule has 0 aliphatic rings. The lowest BCUT2D eigenvalue weighted by atomic mass is 10.1. The summed E-state index contributed by atoms with van der Waals surface area (Å²) in [4.78, 5) is 27.3. The molecule has 0 aliphatic heterocycles. The van der Waals surface area contributed by atoms with Crippen molar-refractivity contribution < 1.29 is 23.1 Å². The van der Waals surface area contributed by atoms with E-state index in [0.29, 0.717) is 40.2 Å². The Labute approximate surface area is 184 Å². The largest absolute Gasteiger partial charge is 0.477 e. The summed E-state index contributed by atoms with van der Waals surface area (Å²) in [5.74, 6) is -1.19. The van der Waals surface area contributed by atoms with Crippen molar-refractivity contribution in [3.63, 3.8) is 0 Å². The number of alkyl halides is 3. The van der Waals surface area contributed by atoms with E-state index < -0.39 is 17.7 Å². The first kappa shape index (κ1) is 21.4. The number of hydrogen-bond donors (Lipinski definition) is 2. The highest BCUT2D eigenvalue weighted by atomic mass is 35.5. The van der Waals surface area contributed by atoms with Crippen LogP contribution in [0.1, 0.15) is 21.7 Å². The molecule has 0 aliphatic carbocycles. The molecule has 1 aromatic carbocycles. The third kappa shape index (κ3) is 4.30. The quantitative estimate of drug-likeness (QED) is 0.415. The van der Waals surface area contributed by atoms with Crippen molar-refractivity contribution in [3.8, 4) is 11.3 Å². The molecule has 0 saturated carbocycles. The standard InChI is InChI=1S/C21H13ClF3N5O2/c1-10-6-16(30-20-26-8-12(9-27-20)21(23,24)25)13-3-2-11(7-17(13)28-10)18-14(22)4-5-15(29-18)19(31)32/h2-9H,1H3,(H,31,32)(H,26,27,28,30). The summed E-state index contributed by atoms with van der Waals surface area (Å²) in [5.41, 5.74) is 1.45. The maximum atomic E-state index is 12.7. The molecular weight excluding hydrogens is 447 g/mol. The summed E-state index contributed by atoms with van der Waals surface area (Å²) < 4.78 is 38.2. The van der Waals surface area contributed by atoms with E-state index in [1.165, 1.54) is 12.1 Å². The number of benzene rings is 1. The zero-order valence-corrected chi connectivity index (χ0v) is 17.0. The van der Waals surface area contributed by atoms with Crippen molar-refractivity contribution in [2.75, 3.05) is 5.32 Å². The van der Waals surface area contributed by atoms with Crippen LogP contribution in [0.3, 0.4) is 0 Å². The van der Waals surface area contributed by atoms with E-state index in [9.17, 15) is 23.1 Å². The summed E-state index contributed by atoms with van der Waals surface area (Å²) in [6.07, 6.45) is -3.12. The molecule has 32 heavy (non-hydrogen) atoms. The van der Waals surface area contributed by atoms with E-state index in [2.05, 4.69) is 25.3 Å². The number of carbonyl (C=O) groups is 1. The minimum Gasteiger partial charge on any atom is -0.477 e. The van der Waals surface area contributed by atoms with E-state index in [1.54, 1.807) is 31.2 Å². The number of fused-ring (bicyclic) bond motifs is 1. The van der Waals surface area contributed by atoms with Gasteiger partial charge in [0, 0.05) is 29.0 Å². The Hall–Kier alpha value is -3.79. The topological polar surface area (TPSA) is 101 Å². The van der Waals surface area contributed by atoms with Gasteiger partial charge in [-0.1, -0.05) is 23.7 Å². The maximum absolute atomic E-state index is 12.7. The summed E-state index contributed by atoms with van der Waals surface area (Å²) in [6, 6.07) is 9.58. The molecule has 7 nitrogen and oxygen atoms in total. The zero-order valence-electron chi connectivity index (χ0n) is 16.3. The second kappa shape index (κ2) is 8.04. The van der Waals surface area contributed by atoms with Crippen molar-refractivity contribution in [1.82, 2.24) is 19.9 Å². The molecule has 3 heterocycles. The highest BCUT2D eigenvalue weighted by Crippen LogP contribution is 2.32. The van der Waals surface area contributed by atoms with E-state index in [-0.39, 0.29) is 22.4 Å². The normalized spacial score (nSPS) is 11.5. The van der Waals surface area contributed by atoms with E-state index in [1.807, 2.05) is 0 Å². The second-order valence-corrected chi connectivity index (χ2v) is 7.20. The number of carboxylic acid groups (broad SMARTS) is 1. The van der Waals surface area contributed by atoms with Crippen molar-refractivity contribution in [2.24, 2.45) is 0 Å². The van der Waals surface area contributed by atoms with Gasteiger partial charge in [-0.2, -0.15) is 13.2 Å². The fourth-order valence-corrected chi connectivity index (χ4v) is 3.25. The van der Waals surface area contributed by atoms with Crippen LogP contribution in [0, 0.1) is 6.92 Å². The van der Waals surface area contributed by atoms with Gasteiger partial charge in [0.05, 0.1) is 27.5 Å². The van der Waals surface area contributed by atoms with Gasteiger partial charge in [0.1, 0.15) is 5.69 Å². The number of aromatic nitrogens is 4. The van der Waals surface area contributed by atoms with Crippen molar-refractivity contribution >= 4 is 40.1 Å². The SMILES string of the molecule is Cc1cc(Nc2ncc(C(F)(F)F)cn2)c2ccc(-c3nc(C(=O)O)ccc3Cl)cc2n1. The van der Waals surface area contributed by atoms with Crippen LogP contribution in [0.25, 0.3) is 22.2 Å². The van der Waals surface area contributed by atoms with Gasteiger partial charge in [-0.25, -0.2) is 19.7 Å². The molecule has 0 atom stereocenters. The van der Waals surface area contributed by atoms with Crippen LogP contribution in [-0.4, -0.2) is 31.0 Å². The Kier molecular flexibility index (Phi) is 5.39. The first-order valence-electron chi connectivity index (χ1n) is 9.10. The minimum absolute atomic E-state index is 0.00662. The van der Waals surface area contributed by atoms with Gasteiger partial charge < -0.3 is 10.4 Å². The van der Waals surface area contributed by atoms with Gasteiger partial charge in [0.15, 0.2) is 0 Å². The monoisotopic (exact) mass is 459 g/mol. The third-order valence-corrected chi connectivity index (χ3v) is 4.81. The molecule has 0 amide bonds. The molecule has 162 valence electrons. The Balaban J connectivity index is 1.74. The average molecular weight is 460 g/mol. The lowest BCUT2D eigenvalue weighted by molar-refractivity contribution is -0.138. The molecule has 2 N–H and O–H groups in total. The van der Waals surface area contributed by atoms with Gasteiger partial charge in [0.2, 0.25) is 5.95 Å².